The number of imidazole rings is 1. The zero-order chi connectivity index (χ0) is 17.2. The molecule has 0 fully saturated rings. The van der Waals surface area contributed by atoms with Crippen LogP contribution in [0.25, 0.3) is 11.2 Å². The number of hydrogen-bond donors (Lipinski definition) is 2. The zero-order valence-corrected chi connectivity index (χ0v) is 13.3. The fraction of sp³-hybridized carbons (Fsp3) is 0.250. The number of aromatic nitrogens is 5. The first-order valence-electron chi connectivity index (χ1n) is 7.79. The van der Waals surface area contributed by atoms with Crippen LogP contribution in [0.4, 0.5) is 5.82 Å². The second kappa shape index (κ2) is 6.27. The predicted octanol–water partition coefficient (Wildman–Crippen LogP) is 1.27. The van der Waals surface area contributed by atoms with E-state index in [4.69, 9.17) is 15.2 Å². The van der Waals surface area contributed by atoms with E-state index in [-0.39, 0.29) is 24.4 Å². The molecule has 25 heavy (non-hydrogen) atoms. The molecule has 4 rings (SSSR count). The van der Waals surface area contributed by atoms with Crippen molar-refractivity contribution in [2.24, 2.45) is 0 Å². The molecule has 0 amide bonds. The highest BCUT2D eigenvalue weighted by molar-refractivity contribution is 5.83. The summed E-state index contributed by atoms with van der Waals surface area (Å²) in [5, 5.41) is 10.2. The first-order valence-corrected chi connectivity index (χ1v) is 7.79. The van der Waals surface area contributed by atoms with Crippen molar-refractivity contribution in [3.63, 3.8) is 0 Å². The third-order valence-corrected chi connectivity index (χ3v) is 3.75. The summed E-state index contributed by atoms with van der Waals surface area (Å²) >= 11 is 0. The van der Waals surface area contributed by atoms with Gasteiger partial charge in [0.05, 0.1) is 13.2 Å². The van der Waals surface area contributed by atoms with E-state index in [1.165, 1.54) is 4.57 Å². The Morgan fingerprint density at radius 2 is 2.08 bits per heavy atom. The van der Waals surface area contributed by atoms with Crippen LogP contribution in [0.2, 0.25) is 0 Å². The molecule has 0 atom stereocenters. The van der Waals surface area contributed by atoms with Gasteiger partial charge in [-0.2, -0.15) is 15.0 Å². The minimum absolute atomic E-state index is 0.147. The smallest absolute Gasteiger partial charge is 0.320 e. The molecule has 3 N–H and O–H groups in total. The van der Waals surface area contributed by atoms with E-state index < -0.39 is 0 Å². The molecular weight excluding hydrogens is 324 g/mol. The van der Waals surface area contributed by atoms with Gasteiger partial charge in [-0.05, 0) is 18.6 Å². The maximum Gasteiger partial charge on any atom is 0.320 e. The van der Waals surface area contributed by atoms with Crippen LogP contribution in [-0.2, 0) is 6.54 Å². The summed E-state index contributed by atoms with van der Waals surface area (Å²) in [5.74, 6) is 0.776. The minimum Gasteiger partial charge on any atom is -0.488 e. The molecule has 128 valence electrons. The Morgan fingerprint density at radius 1 is 1.16 bits per heavy atom. The Labute approximate surface area is 142 Å². The largest absolute Gasteiger partial charge is 0.488 e. The lowest BCUT2D eigenvalue weighted by molar-refractivity contribution is 0.299. The molecule has 3 aromatic rings. The Balaban J connectivity index is 1.86. The van der Waals surface area contributed by atoms with Gasteiger partial charge in [0, 0.05) is 6.20 Å². The molecule has 0 saturated heterocycles. The topological polar surface area (TPSA) is 121 Å². The summed E-state index contributed by atoms with van der Waals surface area (Å²) in [6, 6.07) is 3.55. The normalized spacial score (nSPS) is 15.8. The van der Waals surface area contributed by atoms with Gasteiger partial charge >= 0.3 is 6.01 Å². The predicted molar refractivity (Wildman–Crippen MR) is 89.5 cm³/mol. The molecule has 1 aliphatic rings. The number of fused-ring (bicyclic) bond motifs is 2. The number of aromatic hydroxyl groups is 1. The lowest BCUT2D eigenvalue weighted by Crippen LogP contribution is -2.08. The standard InChI is InChI=1S/C16H16N6O3/c17-13-12-14-21-15(20-13)25-8-3-1-2-7-24-11-5-4-6-18-10(11)9-22(14)16(23)19-12/h1-2,4-6H,3,7-9H2,(H,19,23)(H2,17,20,21)/b2-1+. The Kier molecular flexibility index (Phi) is 3.81. The summed E-state index contributed by atoms with van der Waals surface area (Å²) in [7, 11) is 0. The van der Waals surface area contributed by atoms with Crippen molar-refractivity contribution in [3.05, 3.63) is 36.2 Å². The van der Waals surface area contributed by atoms with Crippen LogP contribution in [0.15, 0.2) is 30.5 Å². The van der Waals surface area contributed by atoms with Crippen LogP contribution in [0.5, 0.6) is 17.8 Å². The van der Waals surface area contributed by atoms with Gasteiger partial charge in [0.15, 0.2) is 17.0 Å². The number of nitrogen functional groups attached to an aromatic ring is 1. The quantitative estimate of drug-likeness (QED) is 0.587. The maximum atomic E-state index is 10.2. The number of hydrogen-bond acceptors (Lipinski definition) is 8. The fourth-order valence-corrected chi connectivity index (χ4v) is 2.56. The SMILES string of the molecule is Nc1nc2nc3c1nc(O)n3Cc1ncccc1OC/C=C/CCO2. The van der Waals surface area contributed by atoms with Crippen LogP contribution in [0, 0.1) is 0 Å². The van der Waals surface area contributed by atoms with Crippen molar-refractivity contribution in [1.82, 2.24) is 24.5 Å². The van der Waals surface area contributed by atoms with Gasteiger partial charge in [-0.3, -0.25) is 9.55 Å². The molecule has 0 aromatic carbocycles. The molecule has 9 nitrogen and oxygen atoms in total. The monoisotopic (exact) mass is 340 g/mol. The van der Waals surface area contributed by atoms with Crippen molar-refractivity contribution in [2.75, 3.05) is 18.9 Å². The number of ether oxygens (including phenoxy) is 2. The molecule has 0 aliphatic carbocycles. The van der Waals surface area contributed by atoms with Crippen molar-refractivity contribution in [3.8, 4) is 17.8 Å². The van der Waals surface area contributed by atoms with Crippen molar-refractivity contribution in [2.45, 2.75) is 13.0 Å². The van der Waals surface area contributed by atoms with Gasteiger partial charge < -0.3 is 20.3 Å². The molecule has 0 unspecified atom stereocenters. The van der Waals surface area contributed by atoms with Crippen LogP contribution >= 0.6 is 0 Å². The Hall–Kier alpha value is -3.36. The molecule has 0 spiro atoms. The average Bonchev–Trinajstić information content (AvgIpc) is 2.92. The average molecular weight is 340 g/mol. The summed E-state index contributed by atoms with van der Waals surface area (Å²) in [5.41, 5.74) is 7.27. The first kappa shape index (κ1) is 15.2. The molecular formula is C16H16N6O3. The van der Waals surface area contributed by atoms with Gasteiger partial charge in [0.2, 0.25) is 0 Å². The second-order valence-electron chi connectivity index (χ2n) is 5.43. The highest BCUT2D eigenvalue weighted by Crippen LogP contribution is 2.27. The van der Waals surface area contributed by atoms with Crippen LogP contribution in [0.1, 0.15) is 12.1 Å². The van der Waals surface area contributed by atoms with E-state index in [0.717, 1.165) is 0 Å². The lowest BCUT2D eigenvalue weighted by atomic mass is 10.3. The number of nitrogens with zero attached hydrogens (tertiary/aromatic N) is 5. The molecule has 1 aliphatic heterocycles. The van der Waals surface area contributed by atoms with Crippen molar-refractivity contribution in [1.29, 1.82) is 0 Å². The van der Waals surface area contributed by atoms with Crippen LogP contribution in [0.3, 0.4) is 0 Å². The van der Waals surface area contributed by atoms with Crippen LogP contribution in [-0.4, -0.2) is 42.8 Å². The summed E-state index contributed by atoms with van der Waals surface area (Å²) in [4.78, 5) is 16.8. The van der Waals surface area contributed by atoms with Gasteiger partial charge in [-0.1, -0.05) is 12.2 Å². The fourth-order valence-electron chi connectivity index (χ4n) is 2.56. The number of anilines is 1. The lowest BCUT2D eigenvalue weighted by Gasteiger charge is -2.11. The number of pyridine rings is 1. The van der Waals surface area contributed by atoms with E-state index in [1.807, 2.05) is 18.2 Å². The summed E-state index contributed by atoms with van der Waals surface area (Å²) in [6.45, 7) is 1.04. The second-order valence-corrected chi connectivity index (χ2v) is 5.43. The third kappa shape index (κ3) is 2.91. The summed E-state index contributed by atoms with van der Waals surface area (Å²) < 4.78 is 12.8. The Bertz CT molecular complexity index is 952. The molecule has 0 radical (unpaired) electrons. The van der Waals surface area contributed by atoms with E-state index in [2.05, 4.69) is 19.9 Å². The van der Waals surface area contributed by atoms with Gasteiger partial charge in [-0.15, -0.1) is 0 Å². The molecule has 9 heteroatoms. The Morgan fingerprint density at radius 3 is 3.00 bits per heavy atom. The van der Waals surface area contributed by atoms with E-state index in [9.17, 15) is 5.11 Å². The number of nitrogens with two attached hydrogens (primary N) is 1. The van der Waals surface area contributed by atoms with Gasteiger partial charge in [-0.25, -0.2) is 0 Å². The molecule has 4 heterocycles. The molecule has 2 bridgehead atoms. The van der Waals surface area contributed by atoms with E-state index in [0.29, 0.717) is 42.2 Å². The van der Waals surface area contributed by atoms with Crippen LogP contribution < -0.4 is 15.2 Å². The maximum absolute atomic E-state index is 10.2. The minimum atomic E-state index is -0.225. The van der Waals surface area contributed by atoms with Crippen molar-refractivity contribution < 1.29 is 14.6 Å². The highest BCUT2D eigenvalue weighted by atomic mass is 16.5. The third-order valence-electron chi connectivity index (χ3n) is 3.75. The van der Waals surface area contributed by atoms with Crippen molar-refractivity contribution >= 4 is 17.0 Å². The highest BCUT2D eigenvalue weighted by Gasteiger charge is 2.19. The van der Waals surface area contributed by atoms with E-state index in [1.54, 1.807) is 12.3 Å². The van der Waals surface area contributed by atoms with Gasteiger partial charge in [0.25, 0.3) is 6.01 Å². The first-order chi connectivity index (χ1) is 12.2. The van der Waals surface area contributed by atoms with E-state index >= 15 is 0 Å². The molecule has 0 saturated carbocycles. The van der Waals surface area contributed by atoms with Gasteiger partial charge in [0.1, 0.15) is 18.1 Å². The molecule has 3 aromatic heterocycles. The number of rotatable bonds is 0. The zero-order valence-electron chi connectivity index (χ0n) is 13.3. The summed E-state index contributed by atoms with van der Waals surface area (Å²) in [6.07, 6.45) is 6.20.